The first-order valence-corrected chi connectivity index (χ1v) is 13.0. The van der Waals surface area contributed by atoms with Crippen LogP contribution in [0.4, 0.5) is 0 Å². The number of amides is 2. The van der Waals surface area contributed by atoms with Gasteiger partial charge < -0.3 is 19.7 Å². The van der Waals surface area contributed by atoms with Crippen LogP contribution in [0, 0.1) is 17.3 Å². The molecule has 4 aromatic rings. The van der Waals surface area contributed by atoms with Crippen molar-refractivity contribution in [2.24, 2.45) is 24.3 Å². The Morgan fingerprint density at radius 2 is 1.87 bits per heavy atom. The van der Waals surface area contributed by atoms with Gasteiger partial charge in [0.25, 0.3) is 0 Å². The lowest BCUT2D eigenvalue weighted by molar-refractivity contribution is -0.143. The van der Waals surface area contributed by atoms with Crippen LogP contribution in [-0.2, 0) is 27.9 Å². The molecular formula is C28H30N6O5. The van der Waals surface area contributed by atoms with Gasteiger partial charge in [-0.1, -0.05) is 13.8 Å². The Kier molecular flexibility index (Phi) is 6.00. The highest BCUT2D eigenvalue weighted by Gasteiger charge is 2.72. The summed E-state index contributed by atoms with van der Waals surface area (Å²) in [6.45, 7) is 7.93. The van der Waals surface area contributed by atoms with Gasteiger partial charge in [-0.3, -0.25) is 14.5 Å². The van der Waals surface area contributed by atoms with Gasteiger partial charge in [-0.25, -0.2) is 14.3 Å². The largest absolute Gasteiger partial charge is 0.478 e. The van der Waals surface area contributed by atoms with Gasteiger partial charge in [0.15, 0.2) is 0 Å². The maximum Gasteiger partial charge on any atom is 0.335 e. The molecule has 7 rings (SSSR count). The van der Waals surface area contributed by atoms with Gasteiger partial charge in [0.2, 0.25) is 11.8 Å². The predicted molar refractivity (Wildman–Crippen MR) is 142 cm³/mol. The summed E-state index contributed by atoms with van der Waals surface area (Å²) < 4.78 is 8.58. The van der Waals surface area contributed by atoms with Crippen molar-refractivity contribution in [2.45, 2.75) is 20.4 Å². The van der Waals surface area contributed by atoms with Crippen LogP contribution in [0.15, 0.2) is 43.0 Å². The first-order chi connectivity index (χ1) is 18.7. The first-order valence-electron chi connectivity index (χ1n) is 13.0. The topological polar surface area (TPSA) is 131 Å². The van der Waals surface area contributed by atoms with Crippen molar-refractivity contribution in [3.63, 3.8) is 0 Å². The number of aromatic carboxylic acids is 1. The zero-order chi connectivity index (χ0) is 27.5. The van der Waals surface area contributed by atoms with E-state index >= 15 is 0 Å². The summed E-state index contributed by atoms with van der Waals surface area (Å²) >= 11 is 0. The molecule has 11 nitrogen and oxygen atoms in total. The number of morpholine rings is 1. The fraction of sp³-hybridized carbons (Fsp3) is 0.393. The number of benzene rings is 1. The molecule has 2 aliphatic heterocycles. The number of carboxylic acid groups (broad SMARTS) is 1. The summed E-state index contributed by atoms with van der Waals surface area (Å²) in [6, 6.07) is 6.97. The summed E-state index contributed by atoms with van der Waals surface area (Å²) in [5, 5.41) is 17.8. The van der Waals surface area contributed by atoms with Crippen molar-refractivity contribution in [1.29, 1.82) is 0 Å². The maximum absolute atomic E-state index is 12.7. The lowest BCUT2D eigenvalue weighted by Gasteiger charge is -2.19. The number of imide groups is 1. The number of aromatic nitrogens is 4. The number of piperidine rings is 1. The van der Waals surface area contributed by atoms with E-state index in [-0.39, 0.29) is 41.2 Å². The molecule has 202 valence electrons. The van der Waals surface area contributed by atoms with Gasteiger partial charge in [0, 0.05) is 43.5 Å². The van der Waals surface area contributed by atoms with Crippen molar-refractivity contribution >= 4 is 34.2 Å². The van der Waals surface area contributed by atoms with Gasteiger partial charge in [-0.05, 0) is 35.2 Å². The summed E-state index contributed by atoms with van der Waals surface area (Å²) in [6.07, 6.45) is 5.07. The summed E-state index contributed by atoms with van der Waals surface area (Å²) in [4.78, 5) is 43.0. The van der Waals surface area contributed by atoms with Crippen molar-refractivity contribution in [3.05, 3.63) is 54.1 Å². The maximum atomic E-state index is 12.7. The summed E-state index contributed by atoms with van der Waals surface area (Å²) in [7, 11) is 1.89. The standard InChI is InChI=1S/C24H21N5O4.C4H9NO/c1-24(2)17-18(24)22(31)28(21(17)30)9-12-6-16-19(25-11-26-29(16)10-12)15-8-14(23(32)33)7-13-4-5-27(3)20(13)15;1-3-6-4-2-5-1/h4-8,10-11,17-18H,9H2,1-3H3,(H,32,33);5H,1-4H2. The second kappa shape index (κ2) is 9.28. The van der Waals surface area contributed by atoms with Crippen LogP contribution in [0.3, 0.4) is 0 Å². The van der Waals surface area contributed by atoms with Crippen molar-refractivity contribution < 1.29 is 24.2 Å². The number of likely N-dealkylation sites (tertiary alicyclic amines) is 1. The molecule has 2 atom stereocenters. The second-order valence-electron chi connectivity index (χ2n) is 10.9. The van der Waals surface area contributed by atoms with Crippen LogP contribution >= 0.6 is 0 Å². The molecule has 3 fully saturated rings. The number of fused-ring (bicyclic) bond motifs is 3. The minimum absolute atomic E-state index is 0.115. The molecule has 0 radical (unpaired) electrons. The minimum Gasteiger partial charge on any atom is -0.478 e. The second-order valence-corrected chi connectivity index (χ2v) is 10.9. The molecule has 2 N–H and O–H groups in total. The number of carbonyl (C=O) groups excluding carboxylic acids is 2. The van der Waals surface area contributed by atoms with Crippen LogP contribution in [0.5, 0.6) is 0 Å². The summed E-state index contributed by atoms with van der Waals surface area (Å²) in [5.41, 5.74) is 3.46. The highest BCUT2D eigenvalue weighted by atomic mass is 16.5. The number of nitrogens with zero attached hydrogens (tertiary/aromatic N) is 5. The first kappa shape index (κ1) is 25.2. The monoisotopic (exact) mass is 530 g/mol. The molecular weight excluding hydrogens is 500 g/mol. The number of rotatable bonds is 4. The average Bonchev–Trinajstić information content (AvgIpc) is 3.26. The van der Waals surface area contributed by atoms with E-state index in [9.17, 15) is 19.5 Å². The highest BCUT2D eigenvalue weighted by molar-refractivity contribution is 6.10. The van der Waals surface area contributed by atoms with Gasteiger partial charge >= 0.3 is 5.97 Å². The van der Waals surface area contributed by atoms with Crippen LogP contribution in [0.25, 0.3) is 27.7 Å². The minimum atomic E-state index is -1.02. The SMILES string of the molecule is C1COCCN1.Cn1ccc2cc(C(=O)O)cc(-c3ncnn4cc(CN5C(=O)C6C(C5=O)C6(C)C)cc34)c21. The Balaban J connectivity index is 0.000000410. The van der Waals surface area contributed by atoms with Gasteiger partial charge in [-0.15, -0.1) is 0 Å². The fourth-order valence-corrected chi connectivity index (χ4v) is 5.88. The van der Waals surface area contributed by atoms with Gasteiger partial charge in [0.1, 0.15) is 6.33 Å². The third-order valence-corrected chi connectivity index (χ3v) is 8.01. The van der Waals surface area contributed by atoms with E-state index in [1.807, 2.05) is 43.8 Å². The molecule has 2 saturated heterocycles. The molecule has 0 bridgehead atoms. The number of nitrogens with one attached hydrogen (secondary N) is 1. The molecule has 3 aliphatic rings. The smallest absolute Gasteiger partial charge is 0.335 e. The predicted octanol–water partition coefficient (Wildman–Crippen LogP) is 2.33. The van der Waals surface area contributed by atoms with E-state index in [4.69, 9.17) is 4.74 Å². The van der Waals surface area contributed by atoms with Crippen LogP contribution in [0.2, 0.25) is 0 Å². The Morgan fingerprint density at radius 1 is 1.15 bits per heavy atom. The molecule has 0 spiro atoms. The normalized spacial score (nSPS) is 21.7. The van der Waals surface area contributed by atoms with Gasteiger partial charge in [0.05, 0.1) is 53.9 Å². The number of aryl methyl sites for hydroxylation is 1. The average molecular weight is 531 g/mol. The number of carbonyl (C=O) groups is 3. The molecule has 3 aromatic heterocycles. The molecule has 1 saturated carbocycles. The van der Waals surface area contributed by atoms with E-state index in [2.05, 4.69) is 15.4 Å². The molecule has 2 amide bonds. The Morgan fingerprint density at radius 3 is 2.49 bits per heavy atom. The Bertz CT molecular complexity index is 1600. The number of carboxylic acids is 1. The Labute approximate surface area is 224 Å². The van der Waals surface area contributed by atoms with E-state index < -0.39 is 5.97 Å². The molecule has 11 heteroatoms. The van der Waals surface area contributed by atoms with E-state index in [1.54, 1.807) is 22.8 Å². The third-order valence-electron chi connectivity index (χ3n) is 8.01. The van der Waals surface area contributed by atoms with Crippen LogP contribution < -0.4 is 5.32 Å². The van der Waals surface area contributed by atoms with Crippen LogP contribution in [-0.4, -0.2) is 73.3 Å². The van der Waals surface area contributed by atoms with Crippen molar-refractivity contribution in [2.75, 3.05) is 26.3 Å². The molecule has 2 unspecified atom stereocenters. The Hall–Kier alpha value is -4.09. The molecule has 5 heterocycles. The van der Waals surface area contributed by atoms with Crippen molar-refractivity contribution in [1.82, 2.24) is 29.4 Å². The zero-order valence-electron chi connectivity index (χ0n) is 22.0. The third kappa shape index (κ3) is 4.18. The highest BCUT2D eigenvalue weighted by Crippen LogP contribution is 2.63. The lowest BCUT2D eigenvalue weighted by atomic mass is 10.0. The number of hydrogen-bond acceptors (Lipinski definition) is 7. The zero-order valence-corrected chi connectivity index (χ0v) is 22.0. The lowest BCUT2D eigenvalue weighted by Crippen LogP contribution is -2.35. The van der Waals surface area contributed by atoms with E-state index in [1.165, 1.54) is 11.2 Å². The van der Waals surface area contributed by atoms with E-state index in [0.29, 0.717) is 16.8 Å². The van der Waals surface area contributed by atoms with E-state index in [0.717, 1.165) is 42.8 Å². The number of ether oxygens (including phenoxy) is 1. The van der Waals surface area contributed by atoms with Crippen molar-refractivity contribution in [3.8, 4) is 11.3 Å². The fourth-order valence-electron chi connectivity index (χ4n) is 5.88. The summed E-state index contributed by atoms with van der Waals surface area (Å²) in [5.74, 6) is -1.69. The molecule has 39 heavy (non-hydrogen) atoms. The molecule has 1 aromatic carbocycles. The van der Waals surface area contributed by atoms with Crippen LogP contribution in [0.1, 0.15) is 29.8 Å². The number of hydrogen-bond donors (Lipinski definition) is 2. The van der Waals surface area contributed by atoms with Gasteiger partial charge in [-0.2, -0.15) is 5.10 Å². The quantitative estimate of drug-likeness (QED) is 0.385. The molecule has 1 aliphatic carbocycles.